The Hall–Kier alpha value is -4.82. The fraction of sp³-hybridized carbons (Fsp3) is 0.282. The van der Waals surface area contributed by atoms with Crippen LogP contribution in [0.15, 0.2) is 137 Å². The number of amides is 3. The Morgan fingerprint density at radius 1 is 0.731 bits per heavy atom. The minimum absolute atomic E-state index is 0.0666. The van der Waals surface area contributed by atoms with Crippen LogP contribution in [-0.2, 0) is 37.6 Å². The van der Waals surface area contributed by atoms with Crippen molar-refractivity contribution >= 4 is 31.9 Å². The third-order valence-electron chi connectivity index (χ3n) is 8.48. The minimum Gasteiger partial charge on any atom is -0.348 e. The van der Waals surface area contributed by atoms with Gasteiger partial charge in [0.2, 0.25) is 5.91 Å². The number of piperazine rings is 1. The zero-order valence-corrected chi connectivity index (χ0v) is 31.0. The molecular formula is C39H46N4O7S2. The molecule has 3 N–H and O–H groups in total. The summed E-state index contributed by atoms with van der Waals surface area (Å²) in [5.41, 5.74) is 2.95. The van der Waals surface area contributed by atoms with E-state index < -0.39 is 32.0 Å². The number of hydrogen-bond acceptors (Lipinski definition) is 7. The van der Waals surface area contributed by atoms with Gasteiger partial charge in [-0.1, -0.05) is 103 Å². The molecule has 4 aromatic carbocycles. The van der Waals surface area contributed by atoms with Gasteiger partial charge in [-0.25, -0.2) is 13.2 Å². The summed E-state index contributed by atoms with van der Waals surface area (Å²) in [6, 6.07) is 31.9. The van der Waals surface area contributed by atoms with Gasteiger partial charge in [0.1, 0.15) is 6.04 Å². The Bertz CT molecular complexity index is 1970. The lowest BCUT2D eigenvalue weighted by Crippen LogP contribution is -2.56. The number of nitrogens with one attached hydrogen (secondary N) is 2. The van der Waals surface area contributed by atoms with Gasteiger partial charge in [0.25, 0.3) is 10.1 Å². The summed E-state index contributed by atoms with van der Waals surface area (Å²) >= 11 is 0. The molecule has 11 nitrogen and oxygen atoms in total. The van der Waals surface area contributed by atoms with Gasteiger partial charge in [-0.3, -0.25) is 9.35 Å². The van der Waals surface area contributed by atoms with Gasteiger partial charge in [0, 0.05) is 44.0 Å². The van der Waals surface area contributed by atoms with E-state index in [1.54, 1.807) is 47.4 Å². The maximum absolute atomic E-state index is 13.7. The zero-order chi connectivity index (χ0) is 37.6. The summed E-state index contributed by atoms with van der Waals surface area (Å²) in [4.78, 5) is 30.8. The van der Waals surface area contributed by atoms with Crippen LogP contribution in [0.25, 0.3) is 0 Å². The van der Waals surface area contributed by atoms with E-state index in [-0.39, 0.29) is 21.7 Å². The second kappa shape index (κ2) is 19.1. The number of sulfone groups is 1. The van der Waals surface area contributed by atoms with Gasteiger partial charge in [-0.05, 0) is 62.2 Å². The van der Waals surface area contributed by atoms with Gasteiger partial charge >= 0.3 is 6.03 Å². The number of nitrogens with zero attached hydrogens (tertiary/aromatic N) is 2. The first-order chi connectivity index (χ1) is 24.8. The molecule has 5 rings (SSSR count). The van der Waals surface area contributed by atoms with Gasteiger partial charge in [-0.2, -0.15) is 8.42 Å². The number of carbonyl (C=O) groups excluding carboxylic acids is 2. The van der Waals surface area contributed by atoms with Crippen LogP contribution < -0.4 is 10.6 Å². The molecular weight excluding hydrogens is 701 g/mol. The predicted molar refractivity (Wildman–Crippen MR) is 202 cm³/mol. The Kier molecular flexibility index (Phi) is 14.7. The number of carbonyl (C=O) groups is 2. The summed E-state index contributed by atoms with van der Waals surface area (Å²) in [6.45, 7) is 4.55. The van der Waals surface area contributed by atoms with E-state index in [2.05, 4.69) is 15.5 Å². The molecule has 1 heterocycles. The number of hydrogen-bond donors (Lipinski definition) is 3. The smallest absolute Gasteiger partial charge is 0.318 e. The predicted octanol–water partition coefficient (Wildman–Crippen LogP) is 4.90. The van der Waals surface area contributed by atoms with Gasteiger partial charge in [0.05, 0.1) is 9.79 Å². The van der Waals surface area contributed by atoms with E-state index in [9.17, 15) is 26.4 Å². The van der Waals surface area contributed by atoms with Crippen molar-refractivity contribution in [2.75, 3.05) is 33.2 Å². The molecule has 2 atom stereocenters. The third-order valence-corrected chi connectivity index (χ3v) is 10.8. The van der Waals surface area contributed by atoms with Gasteiger partial charge < -0.3 is 20.4 Å². The van der Waals surface area contributed by atoms with Crippen LogP contribution in [0.4, 0.5) is 4.79 Å². The molecule has 1 saturated heterocycles. The van der Waals surface area contributed by atoms with Crippen LogP contribution in [0, 0.1) is 6.92 Å². The molecule has 0 spiro atoms. The van der Waals surface area contributed by atoms with E-state index in [4.69, 9.17) is 4.55 Å². The molecule has 1 aliphatic heterocycles. The van der Waals surface area contributed by atoms with Gasteiger partial charge in [0.15, 0.2) is 9.84 Å². The van der Waals surface area contributed by atoms with Crippen LogP contribution in [0.3, 0.4) is 0 Å². The van der Waals surface area contributed by atoms with Crippen LogP contribution in [0.1, 0.15) is 23.1 Å². The topological polar surface area (TPSA) is 153 Å². The summed E-state index contributed by atoms with van der Waals surface area (Å²) in [5, 5.41) is 7.12. The number of rotatable bonds is 12. The summed E-state index contributed by atoms with van der Waals surface area (Å²) < 4.78 is 55.5. The van der Waals surface area contributed by atoms with E-state index in [1.807, 2.05) is 74.6 Å². The van der Waals surface area contributed by atoms with Crippen molar-refractivity contribution in [3.63, 3.8) is 0 Å². The monoisotopic (exact) mass is 746 g/mol. The summed E-state index contributed by atoms with van der Waals surface area (Å²) in [7, 11) is -5.70. The molecule has 13 heteroatoms. The Morgan fingerprint density at radius 2 is 1.27 bits per heavy atom. The lowest BCUT2D eigenvalue weighted by atomic mass is 10.0. The molecule has 1 aliphatic rings. The van der Waals surface area contributed by atoms with Crippen LogP contribution in [0.2, 0.25) is 0 Å². The molecule has 0 bridgehead atoms. The lowest BCUT2D eigenvalue weighted by Gasteiger charge is -2.33. The van der Waals surface area contributed by atoms with Crippen molar-refractivity contribution in [2.45, 2.75) is 48.1 Å². The highest BCUT2D eigenvalue weighted by Crippen LogP contribution is 2.14. The highest BCUT2D eigenvalue weighted by Gasteiger charge is 2.27. The first-order valence-electron chi connectivity index (χ1n) is 16.9. The van der Waals surface area contributed by atoms with E-state index in [1.165, 1.54) is 18.2 Å². The van der Waals surface area contributed by atoms with Crippen molar-refractivity contribution < 1.29 is 31.0 Å². The SMILES string of the molecule is CN1CCN(C(=O)N[C@@H](Cc2ccccc2)C(=O)N[C@H](/C=C/S(=O)(=O)c2ccccc2)CCc2ccccc2)CC1.Cc1ccc(S(=O)(=O)O)cc1. The van der Waals surface area contributed by atoms with Crippen molar-refractivity contribution in [1.29, 1.82) is 0 Å². The van der Waals surface area contributed by atoms with E-state index in [0.29, 0.717) is 32.4 Å². The molecule has 276 valence electrons. The Balaban J connectivity index is 0.000000470. The number of urea groups is 1. The molecule has 52 heavy (non-hydrogen) atoms. The Morgan fingerprint density at radius 3 is 1.83 bits per heavy atom. The van der Waals surface area contributed by atoms with E-state index in [0.717, 1.165) is 35.2 Å². The normalized spacial score (nSPS) is 14.9. The maximum Gasteiger partial charge on any atom is 0.318 e. The summed E-state index contributed by atoms with van der Waals surface area (Å²) in [5.74, 6) is -0.365. The van der Waals surface area contributed by atoms with E-state index >= 15 is 0 Å². The largest absolute Gasteiger partial charge is 0.348 e. The quantitative estimate of drug-likeness (QED) is 0.173. The molecule has 0 aromatic heterocycles. The molecule has 0 aliphatic carbocycles. The molecule has 3 amide bonds. The van der Waals surface area contributed by atoms with Crippen LogP contribution >= 0.6 is 0 Å². The standard InChI is InChI=1S/C32H38N4O4S.C7H8O3S/c1-35-20-22-36(23-21-35)32(38)34-30(25-27-13-7-3-8-14-27)31(37)33-28(18-17-26-11-5-2-6-12-26)19-24-41(39,40)29-15-9-4-10-16-29;1-6-2-4-7(5-3-6)11(8,9)10/h2-16,19,24,28,30H,17-18,20-23,25H2,1H3,(H,33,37)(H,34,38);2-5H,1H3,(H,8,9,10)/b24-19+;/t28-,30-;/m0./s1. The van der Waals surface area contributed by atoms with Crippen molar-refractivity contribution in [3.8, 4) is 0 Å². The average molecular weight is 747 g/mol. The molecule has 4 aromatic rings. The van der Waals surface area contributed by atoms with Crippen LogP contribution in [-0.4, -0.2) is 88.4 Å². The minimum atomic E-state index is -4.02. The molecule has 0 radical (unpaired) electrons. The lowest BCUT2D eigenvalue weighted by molar-refractivity contribution is -0.123. The fourth-order valence-corrected chi connectivity index (χ4v) is 6.94. The molecule has 1 fully saturated rings. The van der Waals surface area contributed by atoms with Gasteiger partial charge in [-0.15, -0.1) is 0 Å². The second-order valence-electron chi connectivity index (χ2n) is 12.6. The highest BCUT2D eigenvalue weighted by molar-refractivity contribution is 7.94. The first kappa shape index (κ1) is 40.0. The first-order valence-corrected chi connectivity index (χ1v) is 19.9. The molecule has 0 saturated carbocycles. The highest BCUT2D eigenvalue weighted by atomic mass is 32.2. The fourth-order valence-electron chi connectivity index (χ4n) is 5.37. The van der Waals surface area contributed by atoms with Crippen molar-refractivity contribution in [1.82, 2.24) is 20.4 Å². The van der Waals surface area contributed by atoms with Crippen molar-refractivity contribution in [2.24, 2.45) is 0 Å². The molecule has 0 unspecified atom stereocenters. The maximum atomic E-state index is 13.7. The summed E-state index contributed by atoms with van der Waals surface area (Å²) in [6.07, 6.45) is 2.97. The average Bonchev–Trinajstić information content (AvgIpc) is 3.14. The van der Waals surface area contributed by atoms with Crippen LogP contribution in [0.5, 0.6) is 0 Å². The number of benzene rings is 4. The zero-order valence-electron chi connectivity index (χ0n) is 29.3. The number of aryl methyl sites for hydroxylation is 2. The third kappa shape index (κ3) is 13.1. The van der Waals surface area contributed by atoms with Crippen molar-refractivity contribution in [3.05, 3.63) is 143 Å². The second-order valence-corrected chi connectivity index (χ2v) is 15.9. The number of likely N-dealkylation sites (N-methyl/N-ethyl adjacent to an activating group) is 1. The Labute approximate surface area is 307 Å².